The molecule has 2 atom stereocenters. The van der Waals surface area contributed by atoms with Crippen LogP contribution in [-0.2, 0) is 6.42 Å². The zero-order chi connectivity index (χ0) is 24.6. The molecule has 4 aromatic rings. The van der Waals surface area contributed by atoms with Crippen molar-refractivity contribution >= 4 is 17.2 Å². The summed E-state index contributed by atoms with van der Waals surface area (Å²) in [6.07, 6.45) is 4.93. The van der Waals surface area contributed by atoms with Gasteiger partial charge < -0.3 is 9.32 Å². The van der Waals surface area contributed by atoms with Crippen LogP contribution in [0.25, 0.3) is 11.6 Å². The number of carbonyl (C=O) groups excluding carboxylic acids is 1. The highest BCUT2D eigenvalue weighted by Crippen LogP contribution is 2.41. The Labute approximate surface area is 214 Å². The summed E-state index contributed by atoms with van der Waals surface area (Å²) in [5.74, 6) is 1.45. The third-order valence-electron chi connectivity index (χ3n) is 6.99. The molecule has 0 unspecified atom stereocenters. The number of aryl methyl sites for hydroxylation is 1. The summed E-state index contributed by atoms with van der Waals surface area (Å²) in [5.41, 5.74) is 4.38. The Kier molecular flexibility index (Phi) is 6.13. The minimum Gasteiger partial charge on any atom is -0.419 e. The normalized spacial score (nSPS) is 18.5. The molecule has 184 valence electrons. The van der Waals surface area contributed by atoms with E-state index in [2.05, 4.69) is 39.6 Å². The molecule has 0 bridgehead atoms. The lowest BCUT2D eigenvalue weighted by atomic mass is 10.0. The predicted octanol–water partition coefficient (Wildman–Crippen LogP) is 6.10. The molecule has 0 N–H and O–H groups in total. The fourth-order valence-electron chi connectivity index (χ4n) is 4.92. The van der Waals surface area contributed by atoms with Gasteiger partial charge in [0.05, 0.1) is 6.04 Å². The first-order valence-electron chi connectivity index (χ1n) is 12.7. The summed E-state index contributed by atoms with van der Waals surface area (Å²) in [7, 11) is 0. The number of thiazole rings is 1. The summed E-state index contributed by atoms with van der Waals surface area (Å²) in [5, 5.41) is 11.7. The molecule has 2 aliphatic rings. The van der Waals surface area contributed by atoms with Gasteiger partial charge in [-0.15, -0.1) is 21.5 Å². The van der Waals surface area contributed by atoms with Crippen LogP contribution in [0.2, 0.25) is 0 Å². The molecule has 6 rings (SSSR count). The summed E-state index contributed by atoms with van der Waals surface area (Å²) in [6.45, 7) is 4.82. The smallest absolute Gasteiger partial charge is 0.266 e. The molecule has 1 saturated heterocycles. The van der Waals surface area contributed by atoms with E-state index in [4.69, 9.17) is 9.40 Å². The number of aromatic nitrogens is 4. The van der Waals surface area contributed by atoms with Crippen LogP contribution < -0.4 is 0 Å². The first-order valence-corrected chi connectivity index (χ1v) is 13.6. The fourth-order valence-corrected chi connectivity index (χ4v) is 5.87. The number of benzene rings is 1. The van der Waals surface area contributed by atoms with Gasteiger partial charge in [-0.2, -0.15) is 0 Å². The summed E-state index contributed by atoms with van der Waals surface area (Å²) in [6, 6.07) is 14.1. The van der Waals surface area contributed by atoms with Crippen LogP contribution in [0.1, 0.15) is 88.7 Å². The number of pyridine rings is 1. The zero-order valence-corrected chi connectivity index (χ0v) is 21.4. The van der Waals surface area contributed by atoms with E-state index in [0.29, 0.717) is 29.0 Å². The zero-order valence-electron chi connectivity index (χ0n) is 20.6. The van der Waals surface area contributed by atoms with E-state index in [0.717, 1.165) is 55.0 Å². The van der Waals surface area contributed by atoms with Crippen LogP contribution >= 0.6 is 11.3 Å². The molecule has 7 nitrogen and oxygen atoms in total. The third-order valence-corrected chi connectivity index (χ3v) is 8.05. The molecule has 8 heteroatoms. The van der Waals surface area contributed by atoms with Crippen molar-refractivity contribution in [3.63, 3.8) is 0 Å². The number of carbonyl (C=O) groups is 1. The first-order chi connectivity index (χ1) is 17.5. The van der Waals surface area contributed by atoms with Gasteiger partial charge in [-0.1, -0.05) is 37.3 Å². The Morgan fingerprint density at radius 3 is 2.72 bits per heavy atom. The molecule has 0 spiro atoms. The van der Waals surface area contributed by atoms with Gasteiger partial charge in [0.2, 0.25) is 5.89 Å². The van der Waals surface area contributed by atoms with E-state index in [9.17, 15) is 4.79 Å². The lowest BCUT2D eigenvalue weighted by Crippen LogP contribution is -2.30. The summed E-state index contributed by atoms with van der Waals surface area (Å²) < 4.78 is 6.09. The van der Waals surface area contributed by atoms with Crippen molar-refractivity contribution in [2.75, 3.05) is 6.54 Å². The second-order valence-corrected chi connectivity index (χ2v) is 10.8. The van der Waals surface area contributed by atoms with Gasteiger partial charge in [0.15, 0.2) is 0 Å². The van der Waals surface area contributed by atoms with E-state index in [1.807, 2.05) is 42.2 Å². The second kappa shape index (κ2) is 9.58. The number of nitrogens with zero attached hydrogens (tertiary/aromatic N) is 5. The Morgan fingerprint density at radius 2 is 1.97 bits per heavy atom. The maximum atomic E-state index is 13.7. The van der Waals surface area contributed by atoms with Crippen molar-refractivity contribution in [3.8, 4) is 11.6 Å². The largest absolute Gasteiger partial charge is 0.419 e. The molecule has 1 saturated carbocycles. The molecule has 1 aliphatic carbocycles. The number of amides is 1. The summed E-state index contributed by atoms with van der Waals surface area (Å²) in [4.78, 5) is 25.2. The van der Waals surface area contributed by atoms with E-state index < -0.39 is 0 Å². The molecule has 4 heterocycles. The van der Waals surface area contributed by atoms with Crippen molar-refractivity contribution in [1.29, 1.82) is 0 Å². The highest BCUT2D eigenvalue weighted by molar-refractivity contribution is 7.09. The molecule has 1 aliphatic heterocycles. The van der Waals surface area contributed by atoms with Crippen molar-refractivity contribution < 1.29 is 9.21 Å². The van der Waals surface area contributed by atoms with Gasteiger partial charge in [0, 0.05) is 40.7 Å². The number of hydrogen-bond donors (Lipinski definition) is 0. The minimum absolute atomic E-state index is 0.0214. The molecule has 0 radical (unpaired) electrons. The Bertz CT molecular complexity index is 1380. The first kappa shape index (κ1) is 23.0. The van der Waals surface area contributed by atoms with Gasteiger partial charge in [0.25, 0.3) is 11.8 Å². The second-order valence-electron chi connectivity index (χ2n) is 9.96. The summed E-state index contributed by atoms with van der Waals surface area (Å²) >= 11 is 1.64. The van der Waals surface area contributed by atoms with Crippen LogP contribution in [0.15, 0.2) is 52.3 Å². The SMILES string of the molecule is Cc1csc([C@H]2CCCN2C(=O)c2cc(-c3nnc([C@H](C)Cc4ccccc4)o3)nc(C3CC3)c2)n1. The quantitative estimate of drug-likeness (QED) is 0.306. The predicted molar refractivity (Wildman–Crippen MR) is 138 cm³/mol. The molecule has 1 aromatic carbocycles. The van der Waals surface area contributed by atoms with Crippen LogP contribution in [0, 0.1) is 6.92 Å². The van der Waals surface area contributed by atoms with Crippen LogP contribution in [0.3, 0.4) is 0 Å². The standard InChI is InChI=1S/C28H29N5O2S/c1-17(13-19-7-4-3-5-8-19)25-31-32-26(35-25)23-15-21(14-22(30-23)20-10-11-20)28(34)33-12-6-9-24(33)27-29-18(2)16-36-27/h3-5,7-8,14-17,20,24H,6,9-13H2,1-2H3/t17-,24-/m1/s1. The van der Waals surface area contributed by atoms with E-state index in [-0.39, 0.29) is 17.9 Å². The number of likely N-dealkylation sites (tertiary alicyclic amines) is 1. The Hall–Kier alpha value is -3.39. The van der Waals surface area contributed by atoms with Crippen LogP contribution in [-0.4, -0.2) is 37.5 Å². The molecule has 2 fully saturated rings. The van der Waals surface area contributed by atoms with Crippen molar-refractivity contribution in [3.05, 3.63) is 81.3 Å². The minimum atomic E-state index is 0.0214. The molecule has 3 aromatic heterocycles. The third kappa shape index (κ3) is 4.69. The van der Waals surface area contributed by atoms with E-state index in [1.165, 1.54) is 5.56 Å². The van der Waals surface area contributed by atoms with Gasteiger partial charge in [-0.25, -0.2) is 9.97 Å². The highest BCUT2D eigenvalue weighted by Gasteiger charge is 2.34. The lowest BCUT2D eigenvalue weighted by Gasteiger charge is -2.23. The van der Waals surface area contributed by atoms with Gasteiger partial charge in [-0.05, 0) is 56.7 Å². The fraction of sp³-hybridized carbons (Fsp3) is 0.393. The maximum absolute atomic E-state index is 13.7. The molecule has 36 heavy (non-hydrogen) atoms. The average Bonchev–Trinajstić information content (AvgIpc) is 3.25. The topological polar surface area (TPSA) is 85.0 Å². The van der Waals surface area contributed by atoms with Crippen molar-refractivity contribution in [2.24, 2.45) is 0 Å². The lowest BCUT2D eigenvalue weighted by molar-refractivity contribution is 0.0735. The monoisotopic (exact) mass is 499 g/mol. The van der Waals surface area contributed by atoms with Crippen molar-refractivity contribution in [1.82, 2.24) is 25.1 Å². The number of hydrogen-bond acceptors (Lipinski definition) is 7. The average molecular weight is 500 g/mol. The highest BCUT2D eigenvalue weighted by atomic mass is 32.1. The molecule has 1 amide bonds. The Balaban J connectivity index is 1.28. The molecular weight excluding hydrogens is 470 g/mol. The van der Waals surface area contributed by atoms with E-state index >= 15 is 0 Å². The van der Waals surface area contributed by atoms with Crippen LogP contribution in [0.4, 0.5) is 0 Å². The van der Waals surface area contributed by atoms with E-state index in [1.54, 1.807) is 11.3 Å². The molecular formula is C28H29N5O2S. The number of rotatable bonds is 7. The van der Waals surface area contributed by atoms with Gasteiger partial charge in [0.1, 0.15) is 10.7 Å². The van der Waals surface area contributed by atoms with Crippen molar-refractivity contribution in [2.45, 2.75) is 63.8 Å². The maximum Gasteiger partial charge on any atom is 0.266 e. The Morgan fingerprint density at radius 1 is 1.14 bits per heavy atom. The van der Waals surface area contributed by atoms with Gasteiger partial charge in [-0.3, -0.25) is 4.79 Å². The van der Waals surface area contributed by atoms with Gasteiger partial charge >= 0.3 is 0 Å². The van der Waals surface area contributed by atoms with Crippen LogP contribution in [0.5, 0.6) is 0 Å².